The maximum atomic E-state index is 13.1. The molecule has 0 aromatic heterocycles. The summed E-state index contributed by atoms with van der Waals surface area (Å²) in [5, 5.41) is 12.4. The zero-order chi connectivity index (χ0) is 25.8. The van der Waals surface area contributed by atoms with Crippen molar-refractivity contribution in [2.75, 3.05) is 32.8 Å². The molecule has 1 aliphatic rings. The Morgan fingerprint density at radius 1 is 0.972 bits per heavy atom. The number of halogens is 1. The summed E-state index contributed by atoms with van der Waals surface area (Å²) >= 11 is 5.85. The van der Waals surface area contributed by atoms with Crippen molar-refractivity contribution in [3.8, 4) is 5.75 Å². The minimum absolute atomic E-state index is 0.175. The van der Waals surface area contributed by atoms with E-state index in [1.807, 2.05) is 24.3 Å². The second-order valence-electron chi connectivity index (χ2n) is 8.92. The summed E-state index contributed by atoms with van der Waals surface area (Å²) in [7, 11) is 0. The maximum Gasteiger partial charge on any atom is 0.251 e. The molecule has 0 spiro atoms. The van der Waals surface area contributed by atoms with Crippen LogP contribution >= 0.6 is 11.6 Å². The van der Waals surface area contributed by atoms with Gasteiger partial charge in [-0.1, -0.05) is 37.1 Å². The molecule has 0 radical (unpaired) electrons. The van der Waals surface area contributed by atoms with Crippen LogP contribution in [0.4, 0.5) is 0 Å². The van der Waals surface area contributed by atoms with Crippen LogP contribution in [0.15, 0.2) is 48.5 Å². The van der Waals surface area contributed by atoms with Crippen molar-refractivity contribution < 1.29 is 19.1 Å². The summed E-state index contributed by atoms with van der Waals surface area (Å²) in [5.74, 6) is 0.0954. The molecule has 0 unspecified atom stereocenters. The van der Waals surface area contributed by atoms with Gasteiger partial charge in [-0.2, -0.15) is 0 Å². The number of ether oxygens (including phenoxy) is 1. The van der Waals surface area contributed by atoms with Crippen LogP contribution in [-0.4, -0.2) is 56.0 Å². The first-order chi connectivity index (χ1) is 17.4. The molecule has 0 atom stereocenters. The molecule has 4 N–H and O–H groups in total. The molecule has 1 heterocycles. The van der Waals surface area contributed by atoms with Crippen molar-refractivity contribution in [1.29, 1.82) is 0 Å². The first-order valence-corrected chi connectivity index (χ1v) is 12.9. The molecular weight excluding hydrogens is 480 g/mol. The molecule has 8 nitrogen and oxygen atoms in total. The largest absolute Gasteiger partial charge is 0.494 e. The standard InChI is InChI=1S/C27H35ClN4O4/c1-2-3-18-36-23-10-4-20(5-11-23)19-24(33)32-27(12-14-29-15-13-27)26(35)31-17-16-30-25(34)21-6-8-22(28)9-7-21/h4-11,29H,2-3,12-19H2,1H3,(H,30,34)(H,31,35)(H,32,33). The van der Waals surface area contributed by atoms with E-state index in [0.717, 1.165) is 24.2 Å². The van der Waals surface area contributed by atoms with Gasteiger partial charge in [0.1, 0.15) is 11.3 Å². The molecule has 9 heteroatoms. The highest BCUT2D eigenvalue weighted by Gasteiger charge is 2.40. The summed E-state index contributed by atoms with van der Waals surface area (Å²) < 4.78 is 5.67. The first-order valence-electron chi connectivity index (χ1n) is 12.5. The van der Waals surface area contributed by atoms with Gasteiger partial charge >= 0.3 is 0 Å². The van der Waals surface area contributed by atoms with E-state index in [1.54, 1.807) is 24.3 Å². The maximum absolute atomic E-state index is 13.1. The number of piperidine rings is 1. The topological polar surface area (TPSA) is 109 Å². The average molecular weight is 515 g/mol. The Kier molecular flexibility index (Phi) is 10.6. The summed E-state index contributed by atoms with van der Waals surface area (Å²) in [5.41, 5.74) is 0.365. The number of nitrogens with one attached hydrogen (secondary N) is 4. The second-order valence-corrected chi connectivity index (χ2v) is 9.36. The van der Waals surface area contributed by atoms with Crippen LogP contribution in [0.1, 0.15) is 48.5 Å². The van der Waals surface area contributed by atoms with Gasteiger partial charge in [-0.25, -0.2) is 0 Å². The van der Waals surface area contributed by atoms with Crippen LogP contribution in [0.5, 0.6) is 5.75 Å². The molecule has 1 saturated heterocycles. The van der Waals surface area contributed by atoms with Gasteiger partial charge in [0.2, 0.25) is 11.8 Å². The van der Waals surface area contributed by atoms with Crippen molar-refractivity contribution in [2.45, 2.75) is 44.6 Å². The molecule has 36 heavy (non-hydrogen) atoms. The molecule has 0 saturated carbocycles. The average Bonchev–Trinajstić information content (AvgIpc) is 2.88. The Labute approximate surface area is 217 Å². The van der Waals surface area contributed by atoms with Crippen molar-refractivity contribution in [1.82, 2.24) is 21.3 Å². The van der Waals surface area contributed by atoms with E-state index in [9.17, 15) is 14.4 Å². The summed E-state index contributed by atoms with van der Waals surface area (Å²) in [4.78, 5) is 38.2. The molecule has 3 rings (SSSR count). The Hall–Kier alpha value is -3.10. The fourth-order valence-electron chi connectivity index (χ4n) is 4.02. The van der Waals surface area contributed by atoms with Gasteiger partial charge in [0.15, 0.2) is 0 Å². The minimum Gasteiger partial charge on any atom is -0.494 e. The molecular formula is C27H35ClN4O4. The van der Waals surface area contributed by atoms with Crippen molar-refractivity contribution >= 4 is 29.3 Å². The molecule has 0 bridgehead atoms. The van der Waals surface area contributed by atoms with Gasteiger partial charge in [-0.3, -0.25) is 14.4 Å². The number of amides is 3. The lowest BCUT2D eigenvalue weighted by molar-refractivity contribution is -0.134. The van der Waals surface area contributed by atoms with E-state index in [1.165, 1.54) is 0 Å². The van der Waals surface area contributed by atoms with E-state index < -0.39 is 5.54 Å². The molecule has 2 aromatic rings. The smallest absolute Gasteiger partial charge is 0.251 e. The SMILES string of the molecule is CCCCOc1ccc(CC(=O)NC2(C(=O)NCCNC(=O)c3ccc(Cl)cc3)CCNCC2)cc1. The van der Waals surface area contributed by atoms with Gasteiger partial charge in [0.05, 0.1) is 13.0 Å². The third kappa shape index (κ3) is 8.24. The lowest BCUT2D eigenvalue weighted by Crippen LogP contribution is -2.63. The quantitative estimate of drug-likeness (QED) is 0.326. The van der Waals surface area contributed by atoms with Gasteiger partial charge in [0, 0.05) is 23.7 Å². The zero-order valence-electron chi connectivity index (χ0n) is 20.7. The molecule has 1 aliphatic heterocycles. The molecule has 2 aromatic carbocycles. The summed E-state index contributed by atoms with van der Waals surface area (Å²) in [6.07, 6.45) is 3.23. The number of carbonyl (C=O) groups is 3. The van der Waals surface area contributed by atoms with Gasteiger partial charge in [-0.15, -0.1) is 0 Å². The Morgan fingerprint density at radius 2 is 1.64 bits per heavy atom. The minimum atomic E-state index is -0.980. The number of carbonyl (C=O) groups excluding carboxylic acids is 3. The van der Waals surface area contributed by atoms with Crippen LogP contribution in [-0.2, 0) is 16.0 Å². The van der Waals surface area contributed by atoms with E-state index in [4.69, 9.17) is 16.3 Å². The van der Waals surface area contributed by atoms with Gasteiger partial charge in [0.25, 0.3) is 5.91 Å². The molecule has 194 valence electrons. The van der Waals surface area contributed by atoms with Crippen LogP contribution in [0.2, 0.25) is 5.02 Å². The molecule has 3 amide bonds. The Bertz CT molecular complexity index is 1010. The second kappa shape index (κ2) is 13.8. The number of hydrogen-bond acceptors (Lipinski definition) is 5. The normalized spacial score (nSPS) is 14.5. The van der Waals surface area contributed by atoms with Crippen molar-refractivity contribution in [3.05, 3.63) is 64.7 Å². The van der Waals surface area contributed by atoms with Crippen LogP contribution in [0.3, 0.4) is 0 Å². The van der Waals surface area contributed by atoms with Crippen LogP contribution < -0.4 is 26.0 Å². The third-order valence-corrected chi connectivity index (χ3v) is 6.38. The zero-order valence-corrected chi connectivity index (χ0v) is 21.5. The third-order valence-electron chi connectivity index (χ3n) is 6.13. The predicted octanol–water partition coefficient (Wildman–Crippen LogP) is 2.85. The number of benzene rings is 2. The summed E-state index contributed by atoms with van der Waals surface area (Å²) in [6, 6.07) is 14.1. The highest BCUT2D eigenvalue weighted by molar-refractivity contribution is 6.30. The van der Waals surface area contributed by atoms with E-state index in [-0.39, 0.29) is 37.2 Å². The predicted molar refractivity (Wildman–Crippen MR) is 140 cm³/mol. The van der Waals surface area contributed by atoms with Crippen LogP contribution in [0, 0.1) is 0 Å². The summed E-state index contributed by atoms with van der Waals surface area (Å²) in [6.45, 7) is 4.56. The lowest BCUT2D eigenvalue weighted by Gasteiger charge is -2.37. The highest BCUT2D eigenvalue weighted by atomic mass is 35.5. The lowest BCUT2D eigenvalue weighted by atomic mass is 9.86. The number of rotatable bonds is 12. The highest BCUT2D eigenvalue weighted by Crippen LogP contribution is 2.20. The van der Waals surface area contributed by atoms with Crippen LogP contribution in [0.25, 0.3) is 0 Å². The fraction of sp³-hybridized carbons (Fsp3) is 0.444. The van der Waals surface area contributed by atoms with E-state index in [2.05, 4.69) is 28.2 Å². The molecule has 1 fully saturated rings. The molecule has 0 aliphatic carbocycles. The Balaban J connectivity index is 1.49. The van der Waals surface area contributed by atoms with E-state index >= 15 is 0 Å². The van der Waals surface area contributed by atoms with E-state index in [0.29, 0.717) is 43.1 Å². The number of unbranched alkanes of at least 4 members (excludes halogenated alkanes) is 1. The first kappa shape index (κ1) is 27.5. The van der Waals surface area contributed by atoms with Gasteiger partial charge < -0.3 is 26.0 Å². The number of hydrogen-bond donors (Lipinski definition) is 4. The fourth-order valence-corrected chi connectivity index (χ4v) is 4.15. The van der Waals surface area contributed by atoms with Crippen molar-refractivity contribution in [2.24, 2.45) is 0 Å². The van der Waals surface area contributed by atoms with Crippen molar-refractivity contribution in [3.63, 3.8) is 0 Å². The van der Waals surface area contributed by atoms with Gasteiger partial charge in [-0.05, 0) is 74.3 Å². The monoisotopic (exact) mass is 514 g/mol. The Morgan fingerprint density at radius 3 is 2.31 bits per heavy atom.